The lowest BCUT2D eigenvalue weighted by Gasteiger charge is -2.23. The molecule has 0 spiro atoms. The number of carbonyl (C=O) groups is 1. The van der Waals surface area contributed by atoms with Crippen molar-refractivity contribution >= 4 is 21.6 Å². The predicted octanol–water partition coefficient (Wildman–Crippen LogP) is 5.36. The summed E-state index contributed by atoms with van der Waals surface area (Å²) < 4.78 is 31.1. The van der Waals surface area contributed by atoms with Gasteiger partial charge in [0.05, 0.1) is 16.6 Å². The molecule has 0 aromatic heterocycles. The third-order valence-electron chi connectivity index (χ3n) is 5.49. The third kappa shape index (κ3) is 4.75. The minimum absolute atomic E-state index is 0.148. The molecule has 1 unspecified atom stereocenters. The van der Waals surface area contributed by atoms with Gasteiger partial charge in [-0.25, -0.2) is 13.2 Å². The monoisotopic (exact) mass is 447 g/mol. The van der Waals surface area contributed by atoms with Gasteiger partial charge in [0.2, 0.25) is 0 Å². The summed E-state index contributed by atoms with van der Waals surface area (Å²) in [6.45, 7) is 4.04. The molecule has 4 rings (SSSR count). The maximum atomic E-state index is 13.0. The molecule has 0 saturated heterocycles. The van der Waals surface area contributed by atoms with E-state index in [1.807, 2.05) is 62.4 Å². The lowest BCUT2D eigenvalue weighted by Crippen LogP contribution is -2.37. The van der Waals surface area contributed by atoms with Crippen LogP contribution in [0.1, 0.15) is 22.3 Å². The van der Waals surface area contributed by atoms with Crippen molar-refractivity contribution in [3.05, 3.63) is 107 Å². The van der Waals surface area contributed by atoms with Crippen molar-refractivity contribution < 1.29 is 17.9 Å². The molecule has 0 bridgehead atoms. The molecule has 1 heterocycles. The van der Waals surface area contributed by atoms with Gasteiger partial charge in [-0.05, 0) is 55.7 Å². The Labute approximate surface area is 188 Å². The predicted molar refractivity (Wildman–Crippen MR) is 125 cm³/mol. The Morgan fingerprint density at radius 1 is 1.00 bits per heavy atom. The number of fused-ring (bicyclic) bond motifs is 1. The second kappa shape index (κ2) is 9.01. The summed E-state index contributed by atoms with van der Waals surface area (Å²) in [6.07, 6.45) is 1.60. The van der Waals surface area contributed by atoms with Crippen LogP contribution in [0.15, 0.2) is 89.2 Å². The largest absolute Gasteiger partial charge is 0.444 e. The molecule has 5 nitrogen and oxygen atoms in total. The summed E-state index contributed by atoms with van der Waals surface area (Å²) in [5.74, 6) is 0. The molecule has 0 saturated carbocycles. The number of carbonyl (C=O) groups excluding carboxylic acids is 1. The molecule has 3 aromatic carbocycles. The SMILES string of the molecule is Cc1ccc(S(=O)(=O)/C=C/C2Cc3cc(C)ccc3N2C(=O)OCc2ccccc2)cc1. The van der Waals surface area contributed by atoms with Crippen LogP contribution in [-0.2, 0) is 27.6 Å². The molecule has 1 aliphatic heterocycles. The average molecular weight is 448 g/mol. The van der Waals surface area contributed by atoms with Crippen LogP contribution < -0.4 is 4.90 Å². The van der Waals surface area contributed by atoms with Gasteiger partial charge in [-0.15, -0.1) is 0 Å². The molecular formula is C26H25NO4S. The zero-order valence-corrected chi connectivity index (χ0v) is 18.9. The fraction of sp³-hybridized carbons (Fsp3) is 0.192. The van der Waals surface area contributed by atoms with E-state index in [-0.39, 0.29) is 11.5 Å². The van der Waals surface area contributed by atoms with Gasteiger partial charge in [-0.1, -0.05) is 65.7 Å². The molecule has 1 atom stereocenters. The number of anilines is 1. The number of ether oxygens (including phenoxy) is 1. The van der Waals surface area contributed by atoms with E-state index in [0.29, 0.717) is 6.42 Å². The van der Waals surface area contributed by atoms with Crippen molar-refractivity contribution in [1.29, 1.82) is 0 Å². The molecule has 1 amide bonds. The number of sulfone groups is 1. The number of hydrogen-bond acceptors (Lipinski definition) is 4. The van der Waals surface area contributed by atoms with E-state index in [0.717, 1.165) is 27.9 Å². The van der Waals surface area contributed by atoms with Gasteiger partial charge in [0, 0.05) is 5.41 Å². The second-order valence-electron chi connectivity index (χ2n) is 8.00. The van der Waals surface area contributed by atoms with Gasteiger partial charge in [0.15, 0.2) is 9.84 Å². The first-order valence-electron chi connectivity index (χ1n) is 10.4. The van der Waals surface area contributed by atoms with Crippen molar-refractivity contribution in [2.24, 2.45) is 0 Å². The summed E-state index contributed by atoms with van der Waals surface area (Å²) in [5.41, 5.74) is 4.69. The first-order valence-corrected chi connectivity index (χ1v) is 12.0. The van der Waals surface area contributed by atoms with E-state index >= 15 is 0 Å². The zero-order chi connectivity index (χ0) is 22.7. The highest BCUT2D eigenvalue weighted by atomic mass is 32.2. The normalized spacial score (nSPS) is 15.7. The zero-order valence-electron chi connectivity index (χ0n) is 18.1. The van der Waals surface area contributed by atoms with Crippen molar-refractivity contribution in [3.8, 4) is 0 Å². The first-order chi connectivity index (χ1) is 15.3. The van der Waals surface area contributed by atoms with E-state index in [2.05, 4.69) is 0 Å². The summed E-state index contributed by atoms with van der Waals surface area (Å²) in [7, 11) is -3.62. The van der Waals surface area contributed by atoms with Crippen LogP contribution in [0, 0.1) is 13.8 Å². The number of amides is 1. The summed E-state index contributed by atoms with van der Waals surface area (Å²) in [4.78, 5) is 14.8. The van der Waals surface area contributed by atoms with Crippen LogP contribution in [0.3, 0.4) is 0 Å². The molecule has 6 heteroatoms. The summed E-state index contributed by atoms with van der Waals surface area (Å²) in [5, 5.41) is 1.19. The molecule has 0 radical (unpaired) electrons. The second-order valence-corrected chi connectivity index (χ2v) is 9.83. The molecular weight excluding hydrogens is 422 g/mol. The van der Waals surface area contributed by atoms with Gasteiger partial charge >= 0.3 is 6.09 Å². The first kappa shape index (κ1) is 21.8. The van der Waals surface area contributed by atoms with Gasteiger partial charge in [0.1, 0.15) is 6.61 Å². The lowest BCUT2D eigenvalue weighted by molar-refractivity contribution is 0.146. The van der Waals surface area contributed by atoms with Gasteiger partial charge < -0.3 is 4.74 Å². The minimum Gasteiger partial charge on any atom is -0.444 e. The highest BCUT2D eigenvalue weighted by molar-refractivity contribution is 7.94. The number of nitrogens with zero attached hydrogens (tertiary/aromatic N) is 1. The fourth-order valence-corrected chi connectivity index (χ4v) is 4.85. The van der Waals surface area contributed by atoms with Crippen molar-refractivity contribution in [1.82, 2.24) is 0 Å². The van der Waals surface area contributed by atoms with Crippen LogP contribution in [-0.4, -0.2) is 20.6 Å². The molecule has 0 fully saturated rings. The Hall–Kier alpha value is -3.38. The standard InChI is InChI=1S/C26H25NO4S/c1-19-8-11-24(12-9-19)32(29,30)15-14-23-17-22-16-20(2)10-13-25(22)27(23)26(28)31-18-21-6-4-3-5-7-21/h3-16,23H,17-18H2,1-2H3/b15-14+. The van der Waals surface area contributed by atoms with Gasteiger partial charge in [0.25, 0.3) is 0 Å². The van der Waals surface area contributed by atoms with Crippen LogP contribution in [0.4, 0.5) is 10.5 Å². The van der Waals surface area contributed by atoms with Crippen LogP contribution >= 0.6 is 0 Å². The van der Waals surface area contributed by atoms with Crippen LogP contribution in [0.5, 0.6) is 0 Å². The van der Waals surface area contributed by atoms with E-state index in [9.17, 15) is 13.2 Å². The Bertz CT molecular complexity index is 1250. The van der Waals surface area contributed by atoms with Crippen LogP contribution in [0.2, 0.25) is 0 Å². The number of benzene rings is 3. The quantitative estimate of drug-likeness (QED) is 0.528. The van der Waals surface area contributed by atoms with E-state index in [4.69, 9.17) is 4.74 Å². The maximum absolute atomic E-state index is 13.0. The Kier molecular flexibility index (Phi) is 6.15. The summed E-state index contributed by atoms with van der Waals surface area (Å²) >= 11 is 0. The minimum atomic E-state index is -3.62. The van der Waals surface area contributed by atoms with Crippen LogP contribution in [0.25, 0.3) is 0 Å². The molecule has 0 N–H and O–H groups in total. The molecule has 164 valence electrons. The number of rotatable bonds is 5. The Morgan fingerprint density at radius 3 is 2.41 bits per heavy atom. The molecule has 3 aromatic rings. The average Bonchev–Trinajstić information content (AvgIpc) is 3.14. The smallest absolute Gasteiger partial charge is 0.415 e. The van der Waals surface area contributed by atoms with Gasteiger partial charge in [-0.2, -0.15) is 0 Å². The Morgan fingerprint density at radius 2 is 1.69 bits per heavy atom. The fourth-order valence-electron chi connectivity index (χ4n) is 3.79. The van der Waals surface area contributed by atoms with E-state index < -0.39 is 22.0 Å². The molecule has 0 aliphatic carbocycles. The summed E-state index contributed by atoms with van der Waals surface area (Å²) in [6, 6.07) is 21.6. The van der Waals surface area contributed by atoms with Crippen molar-refractivity contribution in [2.45, 2.75) is 37.8 Å². The number of hydrogen-bond donors (Lipinski definition) is 0. The molecule has 32 heavy (non-hydrogen) atoms. The van der Waals surface area contributed by atoms with E-state index in [1.165, 1.54) is 5.41 Å². The highest BCUT2D eigenvalue weighted by Crippen LogP contribution is 2.34. The van der Waals surface area contributed by atoms with Gasteiger partial charge in [-0.3, -0.25) is 4.90 Å². The topological polar surface area (TPSA) is 63.7 Å². The maximum Gasteiger partial charge on any atom is 0.415 e. The number of aryl methyl sites for hydroxylation is 2. The third-order valence-corrected chi connectivity index (χ3v) is 6.93. The van der Waals surface area contributed by atoms with Crippen molar-refractivity contribution in [2.75, 3.05) is 4.90 Å². The van der Waals surface area contributed by atoms with E-state index in [1.54, 1.807) is 35.2 Å². The molecule has 1 aliphatic rings. The Balaban J connectivity index is 1.59. The lowest BCUT2D eigenvalue weighted by atomic mass is 10.1. The highest BCUT2D eigenvalue weighted by Gasteiger charge is 2.34. The van der Waals surface area contributed by atoms with Crippen molar-refractivity contribution in [3.63, 3.8) is 0 Å².